The van der Waals surface area contributed by atoms with Crippen LogP contribution in [-0.4, -0.2) is 46.9 Å². The van der Waals surface area contributed by atoms with Crippen molar-refractivity contribution in [2.24, 2.45) is 0 Å². The van der Waals surface area contributed by atoms with Crippen molar-refractivity contribution in [1.82, 2.24) is 5.32 Å². The van der Waals surface area contributed by atoms with Crippen molar-refractivity contribution in [3.05, 3.63) is 72.9 Å². The van der Waals surface area contributed by atoms with Crippen LogP contribution in [0, 0.1) is 0 Å². The molecule has 0 rings (SSSR count). The van der Waals surface area contributed by atoms with Crippen LogP contribution in [0.4, 0.5) is 0 Å². The van der Waals surface area contributed by atoms with Crippen LogP contribution in [0.2, 0.25) is 0 Å². The van der Waals surface area contributed by atoms with Crippen molar-refractivity contribution in [1.29, 1.82) is 0 Å². The van der Waals surface area contributed by atoms with Crippen molar-refractivity contribution in [2.45, 2.75) is 257 Å². The van der Waals surface area contributed by atoms with Crippen LogP contribution in [0.3, 0.4) is 0 Å². The Balaban J connectivity index is 4.64. The first kappa shape index (κ1) is 58.3. The number of aliphatic hydroxyl groups is 2. The summed E-state index contributed by atoms with van der Waals surface area (Å²) in [5.74, 6) is -0.519. The molecule has 0 saturated heterocycles. The first-order valence-corrected chi connectivity index (χ1v) is 25.7. The Hall–Kier alpha value is -2.70. The van der Waals surface area contributed by atoms with Crippen molar-refractivity contribution in [2.75, 3.05) is 6.61 Å². The molecule has 61 heavy (non-hydrogen) atoms. The first-order chi connectivity index (χ1) is 30.0. The van der Waals surface area contributed by atoms with Gasteiger partial charge in [-0.25, -0.2) is 0 Å². The summed E-state index contributed by atoms with van der Waals surface area (Å²) in [4.78, 5) is 26.1. The average Bonchev–Trinajstić information content (AvgIpc) is 3.25. The van der Waals surface area contributed by atoms with E-state index in [2.05, 4.69) is 99.0 Å². The summed E-state index contributed by atoms with van der Waals surface area (Å²) in [5.41, 5.74) is 0. The molecule has 0 bridgehead atoms. The molecule has 3 N–H and O–H groups in total. The van der Waals surface area contributed by atoms with E-state index in [9.17, 15) is 19.8 Å². The summed E-state index contributed by atoms with van der Waals surface area (Å²) < 4.78 is 5.92. The number of ether oxygens (including phenoxy) is 1. The summed E-state index contributed by atoms with van der Waals surface area (Å²) in [7, 11) is 0. The predicted octanol–water partition coefficient (Wildman–Crippen LogP) is 15.4. The number of amides is 1. The molecule has 0 spiro atoms. The fraction of sp³-hybridized carbons (Fsp3) is 0.745. The third-order valence-electron chi connectivity index (χ3n) is 11.4. The number of esters is 1. The first-order valence-electron chi connectivity index (χ1n) is 25.7. The molecule has 0 saturated carbocycles. The van der Waals surface area contributed by atoms with E-state index < -0.39 is 18.2 Å². The highest BCUT2D eigenvalue weighted by atomic mass is 16.5. The minimum Gasteiger partial charge on any atom is -0.462 e. The lowest BCUT2D eigenvalue weighted by atomic mass is 10.0. The predicted molar refractivity (Wildman–Crippen MR) is 264 cm³/mol. The molecule has 6 nitrogen and oxygen atoms in total. The lowest BCUT2D eigenvalue weighted by Crippen LogP contribution is -2.46. The number of hydrogen-bond donors (Lipinski definition) is 3. The Morgan fingerprint density at radius 1 is 0.492 bits per heavy atom. The zero-order chi connectivity index (χ0) is 44.5. The van der Waals surface area contributed by atoms with Crippen LogP contribution in [0.5, 0.6) is 0 Å². The van der Waals surface area contributed by atoms with Crippen molar-refractivity contribution in [3.8, 4) is 0 Å². The van der Waals surface area contributed by atoms with Crippen LogP contribution >= 0.6 is 0 Å². The molecule has 3 unspecified atom stereocenters. The normalized spacial score (nSPS) is 13.9. The molecule has 0 aromatic rings. The van der Waals surface area contributed by atoms with Gasteiger partial charge in [0.15, 0.2) is 0 Å². The average molecular weight is 852 g/mol. The molecular weight excluding hydrogens is 755 g/mol. The van der Waals surface area contributed by atoms with E-state index >= 15 is 0 Å². The topological polar surface area (TPSA) is 95.9 Å². The van der Waals surface area contributed by atoms with Gasteiger partial charge in [0.25, 0.3) is 0 Å². The molecule has 0 heterocycles. The third kappa shape index (κ3) is 43.7. The maximum absolute atomic E-state index is 13.2. The van der Waals surface area contributed by atoms with Crippen LogP contribution in [0.15, 0.2) is 72.9 Å². The van der Waals surface area contributed by atoms with Gasteiger partial charge in [0.1, 0.15) is 6.10 Å². The summed E-state index contributed by atoms with van der Waals surface area (Å²) in [6.07, 6.45) is 61.0. The van der Waals surface area contributed by atoms with Gasteiger partial charge in [-0.2, -0.15) is 0 Å². The standard InChI is InChI=1S/C55H97NO5/c1-4-7-10-13-16-19-22-24-25-26-27-28-30-33-36-39-42-45-48-55(60)61-51(46-43-40-37-34-32-29-23-20-17-14-11-8-5-2)49-54(59)56-52(50-57)53(58)47-44-41-38-35-31-21-18-15-12-9-6-3/h8,11,14,17,20,22-28,51-53,57-58H,4-7,9-10,12-13,15-16,18-19,21,29-50H2,1-3H3,(H,56,59)/b11-8+,17-14+,23-20+,24-22+,26-25+,28-27+. The number of hydrogen-bond acceptors (Lipinski definition) is 5. The Labute approximate surface area is 377 Å². The molecule has 0 aliphatic rings. The van der Waals surface area contributed by atoms with Gasteiger partial charge in [0.2, 0.25) is 5.91 Å². The molecule has 0 radical (unpaired) electrons. The van der Waals surface area contributed by atoms with Crippen molar-refractivity contribution < 1.29 is 24.5 Å². The molecule has 352 valence electrons. The lowest BCUT2D eigenvalue weighted by Gasteiger charge is -2.24. The SMILES string of the molecule is CC/C=C/C=C/C=C/CCCCCCCC(CC(=O)NC(CO)C(O)CCCCCCCCCCCCC)OC(=O)CCCCCCC/C=C/C=C/C=C/CCCCCCC. The molecule has 1 amide bonds. The van der Waals surface area contributed by atoms with Gasteiger partial charge in [-0.15, -0.1) is 0 Å². The Kier molecular flexibility index (Phi) is 46.2. The largest absolute Gasteiger partial charge is 0.462 e. The van der Waals surface area contributed by atoms with E-state index in [0.717, 1.165) is 103 Å². The number of allylic oxidation sites excluding steroid dienone is 12. The fourth-order valence-corrected chi connectivity index (χ4v) is 7.49. The Morgan fingerprint density at radius 3 is 1.33 bits per heavy atom. The molecule has 3 atom stereocenters. The highest BCUT2D eigenvalue weighted by molar-refractivity contribution is 5.77. The maximum Gasteiger partial charge on any atom is 0.306 e. The van der Waals surface area contributed by atoms with Gasteiger partial charge in [-0.3, -0.25) is 9.59 Å². The molecule has 0 fully saturated rings. The van der Waals surface area contributed by atoms with Crippen LogP contribution < -0.4 is 5.32 Å². The minimum atomic E-state index is -0.799. The van der Waals surface area contributed by atoms with Gasteiger partial charge < -0.3 is 20.3 Å². The minimum absolute atomic E-state index is 0.0529. The van der Waals surface area contributed by atoms with E-state index in [0.29, 0.717) is 19.3 Å². The van der Waals surface area contributed by atoms with Crippen LogP contribution in [-0.2, 0) is 14.3 Å². The highest BCUT2D eigenvalue weighted by Crippen LogP contribution is 2.17. The second kappa shape index (κ2) is 48.3. The second-order valence-electron chi connectivity index (χ2n) is 17.3. The van der Waals surface area contributed by atoms with Crippen molar-refractivity contribution in [3.63, 3.8) is 0 Å². The van der Waals surface area contributed by atoms with Crippen LogP contribution in [0.1, 0.15) is 239 Å². The van der Waals surface area contributed by atoms with Gasteiger partial charge >= 0.3 is 5.97 Å². The Morgan fingerprint density at radius 2 is 0.885 bits per heavy atom. The monoisotopic (exact) mass is 852 g/mol. The van der Waals surface area contributed by atoms with E-state index in [1.165, 1.54) is 89.9 Å². The Bertz CT molecular complexity index is 1140. The number of rotatable bonds is 45. The van der Waals surface area contributed by atoms with Gasteiger partial charge in [0, 0.05) is 6.42 Å². The lowest BCUT2D eigenvalue weighted by molar-refractivity contribution is -0.151. The van der Waals surface area contributed by atoms with E-state index in [1.807, 2.05) is 0 Å². The van der Waals surface area contributed by atoms with Gasteiger partial charge in [-0.05, 0) is 70.6 Å². The molecule has 0 aromatic heterocycles. The highest BCUT2D eigenvalue weighted by Gasteiger charge is 2.24. The van der Waals surface area contributed by atoms with Crippen LogP contribution in [0.25, 0.3) is 0 Å². The quantitative estimate of drug-likeness (QED) is 0.0322. The molecule has 6 heteroatoms. The smallest absolute Gasteiger partial charge is 0.306 e. The number of nitrogens with one attached hydrogen (secondary N) is 1. The van der Waals surface area contributed by atoms with E-state index in [4.69, 9.17) is 4.74 Å². The van der Waals surface area contributed by atoms with Gasteiger partial charge in [0.05, 0.1) is 25.2 Å². The summed E-state index contributed by atoms with van der Waals surface area (Å²) in [6, 6.07) is -0.715. The molecule has 0 aliphatic heterocycles. The second-order valence-corrected chi connectivity index (χ2v) is 17.3. The maximum atomic E-state index is 13.2. The van der Waals surface area contributed by atoms with E-state index in [1.54, 1.807) is 0 Å². The fourth-order valence-electron chi connectivity index (χ4n) is 7.49. The molecule has 0 aliphatic carbocycles. The number of carbonyl (C=O) groups is 2. The van der Waals surface area contributed by atoms with Gasteiger partial charge in [-0.1, -0.05) is 229 Å². The van der Waals surface area contributed by atoms with E-state index in [-0.39, 0.29) is 24.9 Å². The number of aliphatic hydroxyl groups excluding tert-OH is 2. The number of unbranched alkanes of at least 4 members (excludes halogenated alkanes) is 25. The molecular formula is C55H97NO5. The zero-order valence-electron chi connectivity index (χ0n) is 40.0. The third-order valence-corrected chi connectivity index (χ3v) is 11.4. The summed E-state index contributed by atoms with van der Waals surface area (Å²) >= 11 is 0. The number of carbonyl (C=O) groups excluding carboxylic acids is 2. The zero-order valence-corrected chi connectivity index (χ0v) is 40.0. The molecule has 0 aromatic carbocycles. The summed E-state index contributed by atoms with van der Waals surface area (Å²) in [5, 5.41) is 23.7. The summed E-state index contributed by atoms with van der Waals surface area (Å²) in [6.45, 7) is 6.32. The van der Waals surface area contributed by atoms with Crippen molar-refractivity contribution >= 4 is 11.9 Å².